The zero-order valence-electron chi connectivity index (χ0n) is 31.3. The lowest BCUT2D eigenvalue weighted by Gasteiger charge is -2.26. The van der Waals surface area contributed by atoms with Gasteiger partial charge >= 0.3 is 0 Å². The van der Waals surface area contributed by atoms with Crippen molar-refractivity contribution in [2.24, 2.45) is 0 Å². The molecule has 58 heavy (non-hydrogen) atoms. The normalized spacial score (nSPS) is 11.8. The Hall–Kier alpha value is -7.40. The van der Waals surface area contributed by atoms with Crippen molar-refractivity contribution < 1.29 is 4.42 Å². The molecular formula is C54H34N2OS. The quantitative estimate of drug-likeness (QED) is 0.168. The number of benzene rings is 9. The van der Waals surface area contributed by atoms with Crippen molar-refractivity contribution in [1.82, 2.24) is 4.57 Å². The van der Waals surface area contributed by atoms with Gasteiger partial charge in [-0.15, -0.1) is 11.3 Å². The van der Waals surface area contributed by atoms with E-state index in [1.54, 1.807) is 0 Å². The second-order valence-corrected chi connectivity index (χ2v) is 15.9. The van der Waals surface area contributed by atoms with E-state index in [2.05, 4.69) is 204 Å². The zero-order chi connectivity index (χ0) is 38.2. The fourth-order valence-corrected chi connectivity index (χ4v) is 10.2. The summed E-state index contributed by atoms with van der Waals surface area (Å²) in [6.07, 6.45) is 0. The second-order valence-electron chi connectivity index (χ2n) is 14.8. The Labute approximate surface area is 338 Å². The van der Waals surface area contributed by atoms with Crippen molar-refractivity contribution in [1.29, 1.82) is 0 Å². The van der Waals surface area contributed by atoms with E-state index in [9.17, 15) is 0 Å². The first kappa shape index (κ1) is 32.8. The van der Waals surface area contributed by atoms with Crippen LogP contribution in [0.2, 0.25) is 0 Å². The van der Waals surface area contributed by atoms with Crippen LogP contribution < -0.4 is 4.90 Å². The van der Waals surface area contributed by atoms with Gasteiger partial charge in [0.15, 0.2) is 0 Å². The molecule has 0 bridgehead atoms. The van der Waals surface area contributed by atoms with Crippen LogP contribution in [0, 0.1) is 0 Å². The van der Waals surface area contributed by atoms with E-state index in [0.717, 1.165) is 50.3 Å². The molecule has 3 heterocycles. The molecule has 0 saturated heterocycles. The number of furan rings is 1. The number of aromatic nitrogens is 1. The molecule has 0 unspecified atom stereocenters. The Balaban J connectivity index is 1.01. The highest BCUT2D eigenvalue weighted by Crippen LogP contribution is 2.47. The molecule has 0 N–H and O–H groups in total. The Morgan fingerprint density at radius 1 is 0.397 bits per heavy atom. The van der Waals surface area contributed by atoms with Gasteiger partial charge in [0.1, 0.15) is 11.2 Å². The lowest BCUT2D eigenvalue weighted by atomic mass is 9.93. The minimum absolute atomic E-state index is 0.875. The first-order valence-corrected chi connectivity index (χ1v) is 20.5. The number of rotatable bonds is 6. The monoisotopic (exact) mass is 758 g/mol. The SMILES string of the molecule is c1ccc(-c2ccccc2-n2c3ccccc3c3ccccc32)c(-c2ccc(N(c3ccc4c(c3)oc3ccccc34)c3cccc4c3sc3ccccc34)cc2)c1. The van der Waals surface area contributed by atoms with E-state index in [4.69, 9.17) is 4.42 Å². The molecule has 12 rings (SSSR count). The summed E-state index contributed by atoms with van der Waals surface area (Å²) in [4.78, 5) is 2.39. The highest BCUT2D eigenvalue weighted by molar-refractivity contribution is 7.26. The van der Waals surface area contributed by atoms with Crippen LogP contribution in [-0.2, 0) is 0 Å². The van der Waals surface area contributed by atoms with Crippen LogP contribution in [0.15, 0.2) is 211 Å². The van der Waals surface area contributed by atoms with E-state index in [0.29, 0.717) is 0 Å². The van der Waals surface area contributed by atoms with Crippen LogP contribution in [0.1, 0.15) is 0 Å². The first-order valence-electron chi connectivity index (χ1n) is 19.7. The molecule has 9 aromatic carbocycles. The summed E-state index contributed by atoms with van der Waals surface area (Å²) in [5.74, 6) is 0. The van der Waals surface area contributed by atoms with E-state index < -0.39 is 0 Å². The lowest BCUT2D eigenvalue weighted by Crippen LogP contribution is -2.10. The summed E-state index contributed by atoms with van der Waals surface area (Å²) in [6, 6.07) is 74.4. The minimum atomic E-state index is 0.875. The zero-order valence-corrected chi connectivity index (χ0v) is 32.2. The average Bonchev–Trinajstić information content (AvgIpc) is 3.97. The first-order chi connectivity index (χ1) is 28.8. The number of nitrogens with zero attached hydrogens (tertiary/aromatic N) is 2. The predicted octanol–water partition coefficient (Wildman–Crippen LogP) is 15.9. The largest absolute Gasteiger partial charge is 0.456 e. The van der Waals surface area contributed by atoms with Crippen LogP contribution >= 0.6 is 11.3 Å². The predicted molar refractivity (Wildman–Crippen MR) is 247 cm³/mol. The van der Waals surface area contributed by atoms with Gasteiger partial charge in [-0.3, -0.25) is 0 Å². The molecule has 0 aliphatic heterocycles. The summed E-state index contributed by atoms with van der Waals surface area (Å²) < 4.78 is 11.4. The smallest absolute Gasteiger partial charge is 0.137 e. The van der Waals surface area contributed by atoms with Gasteiger partial charge in [-0.2, -0.15) is 0 Å². The highest BCUT2D eigenvalue weighted by Gasteiger charge is 2.21. The van der Waals surface area contributed by atoms with Crippen LogP contribution in [0.5, 0.6) is 0 Å². The number of hydrogen-bond acceptors (Lipinski definition) is 3. The third kappa shape index (κ3) is 5.05. The van der Waals surface area contributed by atoms with E-state index in [-0.39, 0.29) is 0 Å². The van der Waals surface area contributed by atoms with Crippen molar-refractivity contribution in [2.45, 2.75) is 0 Å². The third-order valence-corrected chi connectivity index (χ3v) is 12.8. The summed E-state index contributed by atoms with van der Waals surface area (Å²) in [5, 5.41) is 7.31. The van der Waals surface area contributed by atoms with Crippen molar-refractivity contribution in [3.63, 3.8) is 0 Å². The van der Waals surface area contributed by atoms with Crippen LogP contribution in [0.25, 0.3) is 91.9 Å². The number of para-hydroxylation sites is 4. The van der Waals surface area contributed by atoms with Crippen molar-refractivity contribution in [2.75, 3.05) is 4.90 Å². The van der Waals surface area contributed by atoms with Gasteiger partial charge in [0.25, 0.3) is 0 Å². The molecule has 0 aliphatic rings. The van der Waals surface area contributed by atoms with Crippen molar-refractivity contribution in [3.8, 4) is 27.9 Å². The van der Waals surface area contributed by atoms with Crippen molar-refractivity contribution >= 4 is 92.3 Å². The Morgan fingerprint density at radius 2 is 0.983 bits per heavy atom. The third-order valence-electron chi connectivity index (χ3n) is 11.6. The number of thiophene rings is 1. The summed E-state index contributed by atoms with van der Waals surface area (Å²) in [7, 11) is 0. The van der Waals surface area contributed by atoms with Gasteiger partial charge in [0.05, 0.1) is 27.1 Å². The lowest BCUT2D eigenvalue weighted by molar-refractivity contribution is 0.669. The molecule has 3 aromatic heterocycles. The maximum absolute atomic E-state index is 6.44. The van der Waals surface area contributed by atoms with Gasteiger partial charge in [0, 0.05) is 60.0 Å². The Bertz CT molecular complexity index is 3480. The molecule has 0 atom stereocenters. The molecular weight excluding hydrogens is 725 g/mol. The number of anilines is 3. The molecule has 0 aliphatic carbocycles. The van der Waals surface area contributed by atoms with Gasteiger partial charge in [-0.1, -0.05) is 140 Å². The molecule has 0 saturated carbocycles. The van der Waals surface area contributed by atoms with Gasteiger partial charge in [0.2, 0.25) is 0 Å². The molecule has 12 aromatic rings. The molecule has 0 radical (unpaired) electrons. The second kappa shape index (κ2) is 13.1. The molecule has 4 heteroatoms. The maximum atomic E-state index is 6.44. The van der Waals surface area contributed by atoms with Gasteiger partial charge in [-0.05, 0) is 77.4 Å². The van der Waals surface area contributed by atoms with Crippen LogP contribution in [-0.4, -0.2) is 4.57 Å². The Kier molecular flexibility index (Phi) is 7.40. The number of hydrogen-bond donors (Lipinski definition) is 0. The van der Waals surface area contributed by atoms with E-state index in [1.165, 1.54) is 58.7 Å². The van der Waals surface area contributed by atoms with Crippen LogP contribution in [0.3, 0.4) is 0 Å². The standard InChI is InChI=1S/C54H34N2OS/c1-2-15-39(40-16-3-8-22-47(40)56-48-23-9-4-17-41(48)42-18-5-10-24-49(42)56)38(14-1)35-28-30-36(31-29-35)55(37-32-33-44-43-19-6-11-26-51(43)57-52(44)34-37)50-25-13-21-46-45-20-7-12-27-53(45)58-54(46)50/h1-34H. The van der Waals surface area contributed by atoms with Gasteiger partial charge in [-0.25, -0.2) is 0 Å². The van der Waals surface area contributed by atoms with E-state index >= 15 is 0 Å². The van der Waals surface area contributed by atoms with E-state index in [1.807, 2.05) is 23.5 Å². The molecule has 0 spiro atoms. The number of fused-ring (bicyclic) bond motifs is 9. The summed E-state index contributed by atoms with van der Waals surface area (Å²) in [5.41, 5.74) is 13.3. The summed E-state index contributed by atoms with van der Waals surface area (Å²) in [6.45, 7) is 0. The molecule has 3 nitrogen and oxygen atoms in total. The van der Waals surface area contributed by atoms with Crippen molar-refractivity contribution in [3.05, 3.63) is 206 Å². The Morgan fingerprint density at radius 3 is 1.78 bits per heavy atom. The summed E-state index contributed by atoms with van der Waals surface area (Å²) >= 11 is 1.85. The maximum Gasteiger partial charge on any atom is 0.137 e. The highest BCUT2D eigenvalue weighted by atomic mass is 32.1. The fraction of sp³-hybridized carbons (Fsp3) is 0. The minimum Gasteiger partial charge on any atom is -0.456 e. The topological polar surface area (TPSA) is 21.3 Å². The van der Waals surface area contributed by atoms with Gasteiger partial charge < -0.3 is 13.9 Å². The molecule has 0 fully saturated rings. The fourth-order valence-electron chi connectivity index (χ4n) is 9.03. The van der Waals surface area contributed by atoms with Crippen LogP contribution in [0.4, 0.5) is 17.1 Å². The average molecular weight is 759 g/mol. The molecule has 272 valence electrons. The molecule has 0 amide bonds.